The first-order valence-electron chi connectivity index (χ1n) is 4.99. The highest BCUT2D eigenvalue weighted by molar-refractivity contribution is 9.09. The normalized spacial score (nSPS) is 14.4. The molecule has 0 aromatic carbocycles. The highest BCUT2D eigenvalue weighted by Gasteiger charge is 2.23. The van der Waals surface area contributed by atoms with E-state index in [0.29, 0.717) is 11.3 Å². The summed E-state index contributed by atoms with van der Waals surface area (Å²) in [5, 5.41) is 5.43. The SMILES string of the molecule is Cc1ccn(CC(CBr)C(C)(C)C)n1. The van der Waals surface area contributed by atoms with Crippen LogP contribution in [0.1, 0.15) is 26.5 Å². The number of hydrogen-bond acceptors (Lipinski definition) is 1. The molecule has 0 bridgehead atoms. The fraction of sp³-hybridized carbons (Fsp3) is 0.727. The van der Waals surface area contributed by atoms with Crippen LogP contribution in [0.5, 0.6) is 0 Å². The van der Waals surface area contributed by atoms with Gasteiger partial charge in [0.1, 0.15) is 0 Å². The van der Waals surface area contributed by atoms with E-state index in [1.54, 1.807) is 0 Å². The molecule has 0 fully saturated rings. The molecule has 0 aliphatic carbocycles. The summed E-state index contributed by atoms with van der Waals surface area (Å²) in [4.78, 5) is 0. The quantitative estimate of drug-likeness (QED) is 0.762. The van der Waals surface area contributed by atoms with Crippen LogP contribution in [0.3, 0.4) is 0 Å². The van der Waals surface area contributed by atoms with Crippen LogP contribution in [-0.2, 0) is 6.54 Å². The first-order valence-corrected chi connectivity index (χ1v) is 6.11. The van der Waals surface area contributed by atoms with E-state index >= 15 is 0 Å². The molecule has 0 aliphatic heterocycles. The van der Waals surface area contributed by atoms with Crippen molar-refractivity contribution in [2.24, 2.45) is 11.3 Å². The molecule has 0 amide bonds. The van der Waals surface area contributed by atoms with Gasteiger partial charge in [0, 0.05) is 18.1 Å². The minimum absolute atomic E-state index is 0.323. The van der Waals surface area contributed by atoms with Crippen molar-refractivity contribution in [1.29, 1.82) is 0 Å². The zero-order valence-electron chi connectivity index (χ0n) is 9.42. The van der Waals surface area contributed by atoms with Crippen LogP contribution in [0.4, 0.5) is 0 Å². The van der Waals surface area contributed by atoms with Crippen LogP contribution in [0.25, 0.3) is 0 Å². The van der Waals surface area contributed by atoms with Crippen molar-refractivity contribution in [3.8, 4) is 0 Å². The van der Waals surface area contributed by atoms with Crippen molar-refractivity contribution in [2.45, 2.75) is 34.2 Å². The molecule has 0 radical (unpaired) electrons. The Labute approximate surface area is 94.8 Å². The van der Waals surface area contributed by atoms with Crippen LogP contribution in [-0.4, -0.2) is 15.1 Å². The Balaban J connectivity index is 2.66. The van der Waals surface area contributed by atoms with Gasteiger partial charge in [-0.15, -0.1) is 0 Å². The van der Waals surface area contributed by atoms with Gasteiger partial charge in [-0.25, -0.2) is 0 Å². The van der Waals surface area contributed by atoms with Crippen LogP contribution >= 0.6 is 15.9 Å². The van der Waals surface area contributed by atoms with Crippen LogP contribution < -0.4 is 0 Å². The fourth-order valence-electron chi connectivity index (χ4n) is 1.34. The molecule has 1 aromatic rings. The molecule has 1 unspecified atom stereocenters. The molecular weight excluding hydrogens is 240 g/mol. The summed E-state index contributed by atoms with van der Waals surface area (Å²) in [6, 6.07) is 2.05. The maximum Gasteiger partial charge on any atom is 0.0593 e. The van der Waals surface area contributed by atoms with Gasteiger partial charge in [0.2, 0.25) is 0 Å². The third-order valence-corrected chi connectivity index (χ3v) is 3.37. The molecular formula is C11H19BrN2. The molecule has 1 heterocycles. The Hall–Kier alpha value is -0.310. The molecule has 1 atom stereocenters. The summed E-state index contributed by atoms with van der Waals surface area (Å²) in [5.74, 6) is 0.613. The van der Waals surface area contributed by atoms with Gasteiger partial charge in [0.25, 0.3) is 0 Å². The average Bonchev–Trinajstić information content (AvgIpc) is 2.45. The topological polar surface area (TPSA) is 17.8 Å². The Morgan fingerprint density at radius 2 is 2.14 bits per heavy atom. The summed E-state index contributed by atoms with van der Waals surface area (Å²) in [7, 11) is 0. The molecule has 1 rings (SSSR count). The summed E-state index contributed by atoms with van der Waals surface area (Å²) >= 11 is 3.57. The van der Waals surface area contributed by atoms with Crippen LogP contribution in [0, 0.1) is 18.3 Å². The van der Waals surface area contributed by atoms with E-state index in [1.807, 2.05) is 17.7 Å². The predicted molar refractivity (Wildman–Crippen MR) is 63.7 cm³/mol. The summed E-state index contributed by atoms with van der Waals surface area (Å²) in [6.07, 6.45) is 2.05. The standard InChI is InChI=1S/C11H19BrN2/c1-9-5-6-14(13-9)8-10(7-12)11(2,3)4/h5-6,10H,7-8H2,1-4H3. The Bertz CT molecular complexity index is 286. The average molecular weight is 259 g/mol. The van der Waals surface area contributed by atoms with E-state index in [4.69, 9.17) is 0 Å². The zero-order valence-corrected chi connectivity index (χ0v) is 11.0. The maximum absolute atomic E-state index is 4.41. The number of nitrogens with zero attached hydrogens (tertiary/aromatic N) is 2. The fourth-order valence-corrected chi connectivity index (χ4v) is 2.52. The van der Waals surface area contributed by atoms with E-state index < -0.39 is 0 Å². The van der Waals surface area contributed by atoms with Gasteiger partial charge in [0.05, 0.1) is 5.69 Å². The lowest BCUT2D eigenvalue weighted by Crippen LogP contribution is -2.26. The summed E-state index contributed by atoms with van der Waals surface area (Å²) < 4.78 is 2.03. The van der Waals surface area contributed by atoms with E-state index in [1.165, 1.54) is 0 Å². The van der Waals surface area contributed by atoms with Crippen LogP contribution in [0.15, 0.2) is 12.3 Å². The maximum atomic E-state index is 4.41. The lowest BCUT2D eigenvalue weighted by Gasteiger charge is -2.28. The highest BCUT2D eigenvalue weighted by atomic mass is 79.9. The zero-order chi connectivity index (χ0) is 10.8. The predicted octanol–water partition coefficient (Wildman–Crippen LogP) is 3.25. The van der Waals surface area contributed by atoms with Gasteiger partial charge in [0.15, 0.2) is 0 Å². The number of aryl methyl sites for hydroxylation is 1. The first kappa shape index (κ1) is 11.8. The molecule has 80 valence electrons. The molecule has 1 aromatic heterocycles. The largest absolute Gasteiger partial charge is 0.272 e. The van der Waals surface area contributed by atoms with Crippen molar-refractivity contribution < 1.29 is 0 Å². The molecule has 14 heavy (non-hydrogen) atoms. The second-order valence-corrected chi connectivity index (χ2v) is 5.54. The molecule has 0 aliphatic rings. The van der Waals surface area contributed by atoms with Crippen molar-refractivity contribution in [3.05, 3.63) is 18.0 Å². The number of halogens is 1. The van der Waals surface area contributed by atoms with Crippen LogP contribution in [0.2, 0.25) is 0 Å². The molecule has 0 N–H and O–H groups in total. The van der Waals surface area contributed by atoms with E-state index in [9.17, 15) is 0 Å². The monoisotopic (exact) mass is 258 g/mol. The van der Waals surface area contributed by atoms with Gasteiger partial charge in [-0.3, -0.25) is 4.68 Å². The van der Waals surface area contributed by atoms with Crippen molar-refractivity contribution in [1.82, 2.24) is 9.78 Å². The third kappa shape index (κ3) is 3.12. The summed E-state index contributed by atoms with van der Waals surface area (Å²) in [6.45, 7) is 9.83. The van der Waals surface area contributed by atoms with Crippen molar-refractivity contribution >= 4 is 15.9 Å². The van der Waals surface area contributed by atoms with Gasteiger partial charge in [-0.2, -0.15) is 5.10 Å². The summed E-state index contributed by atoms with van der Waals surface area (Å²) in [5.41, 5.74) is 1.41. The molecule has 0 spiro atoms. The lowest BCUT2D eigenvalue weighted by molar-refractivity contribution is 0.232. The van der Waals surface area contributed by atoms with Gasteiger partial charge >= 0.3 is 0 Å². The van der Waals surface area contributed by atoms with Gasteiger partial charge in [-0.1, -0.05) is 36.7 Å². The minimum atomic E-state index is 0.323. The molecule has 0 saturated heterocycles. The van der Waals surface area contributed by atoms with Crippen molar-refractivity contribution in [2.75, 3.05) is 5.33 Å². The Kier molecular flexibility index (Phi) is 3.76. The number of alkyl halides is 1. The van der Waals surface area contributed by atoms with Gasteiger partial charge < -0.3 is 0 Å². The smallest absolute Gasteiger partial charge is 0.0593 e. The number of rotatable bonds is 3. The van der Waals surface area contributed by atoms with E-state index in [0.717, 1.165) is 17.6 Å². The number of hydrogen-bond donors (Lipinski definition) is 0. The van der Waals surface area contributed by atoms with Crippen molar-refractivity contribution in [3.63, 3.8) is 0 Å². The first-order chi connectivity index (χ1) is 6.43. The Morgan fingerprint density at radius 1 is 1.50 bits per heavy atom. The lowest BCUT2D eigenvalue weighted by atomic mass is 9.82. The molecule has 0 saturated carbocycles. The Morgan fingerprint density at radius 3 is 2.50 bits per heavy atom. The third-order valence-electron chi connectivity index (χ3n) is 2.59. The second kappa shape index (κ2) is 4.47. The minimum Gasteiger partial charge on any atom is -0.272 e. The van der Waals surface area contributed by atoms with Gasteiger partial charge in [-0.05, 0) is 24.3 Å². The molecule has 3 heteroatoms. The second-order valence-electron chi connectivity index (χ2n) is 4.90. The molecule has 2 nitrogen and oxygen atoms in total. The number of aromatic nitrogens is 2. The van der Waals surface area contributed by atoms with E-state index in [2.05, 4.69) is 48.0 Å². The highest BCUT2D eigenvalue weighted by Crippen LogP contribution is 2.28. The van der Waals surface area contributed by atoms with E-state index in [-0.39, 0.29) is 0 Å².